The van der Waals surface area contributed by atoms with Crippen molar-refractivity contribution in [2.45, 2.75) is 26.4 Å². The summed E-state index contributed by atoms with van der Waals surface area (Å²) >= 11 is 0. The number of nitrogens with zero attached hydrogens (tertiary/aromatic N) is 2. The molecule has 3 rings (SSSR count). The Balaban J connectivity index is 1.91. The number of aryl methyl sites for hydroxylation is 2. The van der Waals surface area contributed by atoms with Crippen molar-refractivity contribution in [2.24, 2.45) is 7.05 Å². The number of anilines is 2. The highest BCUT2D eigenvalue weighted by molar-refractivity contribution is 6.19. The SMILES string of the molecule is Cc1nn(C)c(C)c1NC(=O)[C@@]1(C)Oc2ccccc2NC1=O. The number of hydrogen-bond donors (Lipinski definition) is 2. The van der Waals surface area contributed by atoms with Crippen molar-refractivity contribution in [3.8, 4) is 5.75 Å². The van der Waals surface area contributed by atoms with Gasteiger partial charge in [-0.3, -0.25) is 14.3 Å². The van der Waals surface area contributed by atoms with Crippen molar-refractivity contribution >= 4 is 23.2 Å². The zero-order chi connectivity index (χ0) is 16.8. The first-order valence-electron chi connectivity index (χ1n) is 7.24. The number of ether oxygens (including phenoxy) is 1. The van der Waals surface area contributed by atoms with E-state index >= 15 is 0 Å². The van der Waals surface area contributed by atoms with Crippen LogP contribution in [0.25, 0.3) is 0 Å². The number of rotatable bonds is 2. The molecule has 1 aliphatic heterocycles. The highest BCUT2D eigenvalue weighted by Gasteiger charge is 2.47. The molecule has 1 aromatic carbocycles. The van der Waals surface area contributed by atoms with E-state index in [1.165, 1.54) is 6.92 Å². The number of carbonyl (C=O) groups is 2. The molecule has 1 aliphatic rings. The first-order valence-corrected chi connectivity index (χ1v) is 7.24. The van der Waals surface area contributed by atoms with Crippen molar-refractivity contribution in [3.63, 3.8) is 0 Å². The standard InChI is InChI=1S/C16H18N4O3/c1-9-13(10(2)20(4)19-9)18-15(22)16(3)14(21)17-11-7-5-6-8-12(11)23-16/h5-8H,1-4H3,(H,17,21)(H,18,22)/t16-/m0/s1. The monoisotopic (exact) mass is 314 g/mol. The van der Waals surface area contributed by atoms with Crippen LogP contribution in [0.4, 0.5) is 11.4 Å². The number of amides is 2. The maximum Gasteiger partial charge on any atom is 0.278 e. The third-order valence-electron chi connectivity index (χ3n) is 4.06. The average molecular weight is 314 g/mol. The molecule has 1 aromatic heterocycles. The normalized spacial score (nSPS) is 19.6. The summed E-state index contributed by atoms with van der Waals surface area (Å²) in [6.45, 7) is 5.09. The van der Waals surface area contributed by atoms with E-state index in [9.17, 15) is 9.59 Å². The molecule has 0 fully saturated rings. The number of nitrogens with one attached hydrogen (secondary N) is 2. The number of aromatic nitrogens is 2. The largest absolute Gasteiger partial charge is 0.466 e. The van der Waals surface area contributed by atoms with Gasteiger partial charge in [-0.05, 0) is 32.9 Å². The first-order chi connectivity index (χ1) is 10.8. The van der Waals surface area contributed by atoms with Crippen LogP contribution in [-0.4, -0.2) is 27.2 Å². The smallest absolute Gasteiger partial charge is 0.278 e. The zero-order valence-electron chi connectivity index (χ0n) is 13.4. The van der Waals surface area contributed by atoms with Crippen LogP contribution in [0.3, 0.4) is 0 Å². The maximum absolute atomic E-state index is 12.7. The van der Waals surface area contributed by atoms with Gasteiger partial charge in [0.15, 0.2) is 0 Å². The number of para-hydroxylation sites is 2. The first kappa shape index (κ1) is 15.1. The van der Waals surface area contributed by atoms with Gasteiger partial charge in [0.05, 0.1) is 22.8 Å². The molecule has 0 spiro atoms. The van der Waals surface area contributed by atoms with Gasteiger partial charge in [0.25, 0.3) is 17.4 Å². The minimum absolute atomic E-state index is 0.462. The Hall–Kier alpha value is -2.83. The summed E-state index contributed by atoms with van der Waals surface area (Å²) in [5, 5.41) is 9.72. The second-order valence-corrected chi connectivity index (χ2v) is 5.71. The van der Waals surface area contributed by atoms with Gasteiger partial charge in [-0.25, -0.2) is 0 Å². The molecule has 7 nitrogen and oxygen atoms in total. The lowest BCUT2D eigenvalue weighted by Crippen LogP contribution is -2.56. The third-order valence-corrected chi connectivity index (χ3v) is 4.06. The molecule has 7 heteroatoms. The van der Waals surface area contributed by atoms with Crippen LogP contribution in [0.2, 0.25) is 0 Å². The minimum atomic E-state index is -1.65. The van der Waals surface area contributed by atoms with Gasteiger partial charge in [-0.15, -0.1) is 0 Å². The number of carbonyl (C=O) groups excluding carboxylic acids is 2. The van der Waals surface area contributed by atoms with E-state index in [0.29, 0.717) is 22.8 Å². The van der Waals surface area contributed by atoms with E-state index in [1.807, 2.05) is 6.92 Å². The molecule has 1 atom stereocenters. The minimum Gasteiger partial charge on any atom is -0.466 e. The summed E-state index contributed by atoms with van der Waals surface area (Å²) < 4.78 is 7.37. The Bertz CT molecular complexity index is 812. The highest BCUT2D eigenvalue weighted by atomic mass is 16.5. The predicted molar refractivity (Wildman–Crippen MR) is 85.4 cm³/mol. The lowest BCUT2D eigenvalue weighted by atomic mass is 10.0. The summed E-state index contributed by atoms with van der Waals surface area (Å²) in [7, 11) is 1.79. The predicted octanol–water partition coefficient (Wildman–Crippen LogP) is 1.77. The number of fused-ring (bicyclic) bond motifs is 1. The Morgan fingerprint density at radius 3 is 2.70 bits per heavy atom. The van der Waals surface area contributed by atoms with Gasteiger partial charge in [-0.2, -0.15) is 5.10 Å². The lowest BCUT2D eigenvalue weighted by Gasteiger charge is -2.33. The molecule has 2 aromatic rings. The molecule has 23 heavy (non-hydrogen) atoms. The van der Waals surface area contributed by atoms with E-state index in [0.717, 1.165) is 5.69 Å². The van der Waals surface area contributed by atoms with Crippen LogP contribution in [0.5, 0.6) is 5.75 Å². The quantitative estimate of drug-likeness (QED) is 0.827. The van der Waals surface area contributed by atoms with E-state index < -0.39 is 17.4 Å². The molecule has 2 heterocycles. The molecule has 2 N–H and O–H groups in total. The third kappa shape index (κ3) is 2.34. The van der Waals surface area contributed by atoms with Gasteiger partial charge >= 0.3 is 0 Å². The van der Waals surface area contributed by atoms with Crippen molar-refractivity contribution in [1.29, 1.82) is 0 Å². The summed E-state index contributed by atoms with van der Waals surface area (Å²) in [5.74, 6) is -0.582. The number of benzene rings is 1. The fraction of sp³-hybridized carbons (Fsp3) is 0.312. The topological polar surface area (TPSA) is 85.2 Å². The zero-order valence-corrected chi connectivity index (χ0v) is 13.4. The second kappa shape index (κ2) is 5.12. The van der Waals surface area contributed by atoms with Crippen LogP contribution in [-0.2, 0) is 16.6 Å². The average Bonchev–Trinajstić information content (AvgIpc) is 2.74. The Labute approximate surface area is 133 Å². The summed E-state index contributed by atoms with van der Waals surface area (Å²) in [6.07, 6.45) is 0. The molecular weight excluding hydrogens is 296 g/mol. The van der Waals surface area contributed by atoms with Gasteiger partial charge in [0, 0.05) is 7.05 Å². The van der Waals surface area contributed by atoms with Gasteiger partial charge in [0.2, 0.25) is 0 Å². The van der Waals surface area contributed by atoms with E-state index in [-0.39, 0.29) is 0 Å². The van der Waals surface area contributed by atoms with Gasteiger partial charge < -0.3 is 15.4 Å². The molecule has 0 bridgehead atoms. The van der Waals surface area contributed by atoms with E-state index in [2.05, 4.69) is 15.7 Å². The summed E-state index contributed by atoms with van der Waals surface area (Å²) in [4.78, 5) is 25.1. The second-order valence-electron chi connectivity index (χ2n) is 5.71. The van der Waals surface area contributed by atoms with Crippen LogP contribution in [0.15, 0.2) is 24.3 Å². The molecule has 2 amide bonds. The maximum atomic E-state index is 12.7. The Morgan fingerprint density at radius 1 is 1.35 bits per heavy atom. The molecule has 0 radical (unpaired) electrons. The van der Waals surface area contributed by atoms with Gasteiger partial charge in [0.1, 0.15) is 5.75 Å². The van der Waals surface area contributed by atoms with Crippen molar-refractivity contribution in [3.05, 3.63) is 35.7 Å². The Kier molecular flexibility index (Phi) is 3.35. The lowest BCUT2D eigenvalue weighted by molar-refractivity contribution is -0.143. The summed E-state index contributed by atoms with van der Waals surface area (Å²) in [6, 6.07) is 7.00. The van der Waals surface area contributed by atoms with Crippen molar-refractivity contribution in [2.75, 3.05) is 10.6 Å². The molecular formula is C16H18N4O3. The van der Waals surface area contributed by atoms with Crippen LogP contribution >= 0.6 is 0 Å². The molecule has 0 saturated heterocycles. The Morgan fingerprint density at radius 2 is 2.04 bits per heavy atom. The van der Waals surface area contributed by atoms with Crippen LogP contribution in [0, 0.1) is 13.8 Å². The molecule has 0 saturated carbocycles. The molecule has 0 aliphatic carbocycles. The number of hydrogen-bond acceptors (Lipinski definition) is 4. The van der Waals surface area contributed by atoms with E-state index in [4.69, 9.17) is 4.74 Å². The van der Waals surface area contributed by atoms with Crippen molar-refractivity contribution < 1.29 is 14.3 Å². The fourth-order valence-corrected chi connectivity index (χ4v) is 2.50. The van der Waals surface area contributed by atoms with Crippen LogP contribution < -0.4 is 15.4 Å². The molecule has 0 unspecified atom stereocenters. The van der Waals surface area contributed by atoms with E-state index in [1.54, 1.807) is 42.9 Å². The van der Waals surface area contributed by atoms with Crippen LogP contribution in [0.1, 0.15) is 18.3 Å². The fourth-order valence-electron chi connectivity index (χ4n) is 2.50. The molecule has 120 valence electrons. The van der Waals surface area contributed by atoms with Crippen molar-refractivity contribution in [1.82, 2.24) is 9.78 Å². The van der Waals surface area contributed by atoms with Gasteiger partial charge in [-0.1, -0.05) is 12.1 Å². The highest BCUT2D eigenvalue weighted by Crippen LogP contribution is 2.34. The summed E-state index contributed by atoms with van der Waals surface area (Å²) in [5.41, 5.74) is 0.975.